The maximum absolute atomic E-state index is 5.71. The molecule has 0 spiro atoms. The van der Waals surface area contributed by atoms with Crippen LogP contribution in [-0.4, -0.2) is 39.5 Å². The lowest BCUT2D eigenvalue weighted by Crippen LogP contribution is -2.38. The lowest BCUT2D eigenvalue weighted by molar-refractivity contribution is 0.117. The number of ether oxygens (including phenoxy) is 3. The third kappa shape index (κ3) is 6.46. The molecule has 1 heterocycles. The van der Waals surface area contributed by atoms with E-state index >= 15 is 0 Å². The minimum Gasteiger partial charge on any atom is -0.454 e. The molecular formula is C22H29N3O3. The Kier molecular flexibility index (Phi) is 8.00. The Morgan fingerprint density at radius 2 is 1.79 bits per heavy atom. The fourth-order valence-corrected chi connectivity index (χ4v) is 2.94. The van der Waals surface area contributed by atoms with Gasteiger partial charge >= 0.3 is 0 Å². The maximum Gasteiger partial charge on any atom is 0.231 e. The van der Waals surface area contributed by atoms with E-state index in [0.29, 0.717) is 13.4 Å². The number of fused-ring (bicyclic) bond motifs is 1. The van der Waals surface area contributed by atoms with Crippen molar-refractivity contribution in [1.82, 2.24) is 10.6 Å². The molecular weight excluding hydrogens is 354 g/mol. The normalized spacial score (nSPS) is 12.8. The summed E-state index contributed by atoms with van der Waals surface area (Å²) in [6.07, 6.45) is 2.95. The number of rotatable bonds is 10. The van der Waals surface area contributed by atoms with E-state index in [4.69, 9.17) is 14.2 Å². The number of unbranched alkanes of at least 4 members (excludes halogenated alkanes) is 1. The van der Waals surface area contributed by atoms with Crippen molar-refractivity contribution in [1.29, 1.82) is 0 Å². The minimum atomic E-state index is 0.310. The van der Waals surface area contributed by atoms with Crippen molar-refractivity contribution in [3.8, 4) is 11.5 Å². The Morgan fingerprint density at radius 1 is 0.964 bits per heavy atom. The summed E-state index contributed by atoms with van der Waals surface area (Å²) in [4.78, 5) is 4.27. The Balaban J connectivity index is 1.23. The van der Waals surface area contributed by atoms with E-state index in [-0.39, 0.29) is 0 Å². The standard InChI is InChI=1S/C22H29N3O3/c1-23-22(24-12-5-6-14-26-16-19-7-3-2-4-8-19)25-13-11-18-9-10-20-21(15-18)28-17-27-20/h2-4,7-10,15H,5-6,11-14,16-17H2,1H3,(H2,23,24,25). The SMILES string of the molecule is CN=C(NCCCCOCc1ccccc1)NCCc1ccc2c(c1)OCO2. The van der Waals surface area contributed by atoms with Crippen LogP contribution in [0.2, 0.25) is 0 Å². The molecule has 0 aromatic heterocycles. The molecule has 0 unspecified atom stereocenters. The van der Waals surface area contributed by atoms with Crippen molar-refractivity contribution in [2.24, 2.45) is 4.99 Å². The lowest BCUT2D eigenvalue weighted by atomic mass is 10.1. The van der Waals surface area contributed by atoms with Crippen molar-refractivity contribution >= 4 is 5.96 Å². The van der Waals surface area contributed by atoms with Crippen molar-refractivity contribution in [2.75, 3.05) is 33.5 Å². The second kappa shape index (κ2) is 11.2. The molecule has 6 heteroatoms. The fourth-order valence-electron chi connectivity index (χ4n) is 2.94. The highest BCUT2D eigenvalue weighted by Gasteiger charge is 2.12. The molecule has 28 heavy (non-hydrogen) atoms. The van der Waals surface area contributed by atoms with E-state index in [2.05, 4.69) is 33.8 Å². The molecule has 3 rings (SSSR count). The van der Waals surface area contributed by atoms with E-state index in [1.807, 2.05) is 30.3 Å². The molecule has 150 valence electrons. The second-order valence-corrected chi connectivity index (χ2v) is 6.61. The van der Waals surface area contributed by atoms with Crippen LogP contribution >= 0.6 is 0 Å². The highest BCUT2D eigenvalue weighted by Crippen LogP contribution is 2.32. The third-order valence-corrected chi connectivity index (χ3v) is 4.49. The fraction of sp³-hybridized carbons (Fsp3) is 0.409. The second-order valence-electron chi connectivity index (χ2n) is 6.61. The summed E-state index contributed by atoms with van der Waals surface area (Å²) in [5.41, 5.74) is 2.43. The van der Waals surface area contributed by atoms with E-state index in [0.717, 1.165) is 56.4 Å². The van der Waals surface area contributed by atoms with Gasteiger partial charge in [0.15, 0.2) is 17.5 Å². The van der Waals surface area contributed by atoms with Gasteiger partial charge in [-0.1, -0.05) is 36.4 Å². The van der Waals surface area contributed by atoms with Crippen LogP contribution in [0.3, 0.4) is 0 Å². The predicted octanol–water partition coefficient (Wildman–Crippen LogP) is 3.12. The summed E-state index contributed by atoms with van der Waals surface area (Å²) in [5, 5.41) is 6.69. The molecule has 2 aromatic carbocycles. The molecule has 1 aliphatic heterocycles. The summed E-state index contributed by atoms with van der Waals surface area (Å²) < 4.78 is 16.5. The molecule has 2 N–H and O–H groups in total. The Bertz CT molecular complexity index is 750. The zero-order valence-electron chi connectivity index (χ0n) is 16.4. The van der Waals surface area contributed by atoms with Gasteiger partial charge in [-0.15, -0.1) is 0 Å². The predicted molar refractivity (Wildman–Crippen MR) is 111 cm³/mol. The number of hydrogen-bond acceptors (Lipinski definition) is 4. The van der Waals surface area contributed by atoms with Gasteiger partial charge in [0, 0.05) is 26.7 Å². The molecule has 0 saturated carbocycles. The van der Waals surface area contributed by atoms with Gasteiger partial charge in [-0.3, -0.25) is 4.99 Å². The maximum atomic E-state index is 5.71. The topological polar surface area (TPSA) is 64.1 Å². The van der Waals surface area contributed by atoms with Gasteiger partial charge < -0.3 is 24.8 Å². The highest BCUT2D eigenvalue weighted by atomic mass is 16.7. The molecule has 0 aliphatic carbocycles. The van der Waals surface area contributed by atoms with E-state index in [9.17, 15) is 0 Å². The molecule has 2 aromatic rings. The zero-order chi connectivity index (χ0) is 19.4. The van der Waals surface area contributed by atoms with Gasteiger partial charge in [-0.05, 0) is 42.5 Å². The molecule has 0 radical (unpaired) electrons. The largest absolute Gasteiger partial charge is 0.454 e. The molecule has 0 atom stereocenters. The van der Waals surface area contributed by atoms with Crippen molar-refractivity contribution < 1.29 is 14.2 Å². The molecule has 0 saturated heterocycles. The minimum absolute atomic E-state index is 0.310. The Hall–Kier alpha value is -2.73. The third-order valence-electron chi connectivity index (χ3n) is 4.49. The van der Waals surface area contributed by atoms with Crippen molar-refractivity contribution in [3.05, 3.63) is 59.7 Å². The van der Waals surface area contributed by atoms with E-state index in [1.54, 1.807) is 7.05 Å². The van der Waals surface area contributed by atoms with Crippen LogP contribution in [-0.2, 0) is 17.8 Å². The number of nitrogens with zero attached hydrogens (tertiary/aromatic N) is 1. The average molecular weight is 383 g/mol. The number of benzene rings is 2. The van der Waals surface area contributed by atoms with Crippen LogP contribution < -0.4 is 20.1 Å². The van der Waals surface area contributed by atoms with Crippen LogP contribution in [0.1, 0.15) is 24.0 Å². The van der Waals surface area contributed by atoms with Crippen LogP contribution in [0.15, 0.2) is 53.5 Å². The van der Waals surface area contributed by atoms with Gasteiger partial charge in [0.2, 0.25) is 6.79 Å². The average Bonchev–Trinajstić information content (AvgIpc) is 3.20. The van der Waals surface area contributed by atoms with Crippen LogP contribution in [0.25, 0.3) is 0 Å². The van der Waals surface area contributed by atoms with Crippen molar-refractivity contribution in [3.63, 3.8) is 0 Å². The van der Waals surface area contributed by atoms with Crippen LogP contribution in [0, 0.1) is 0 Å². The number of hydrogen-bond donors (Lipinski definition) is 2. The van der Waals surface area contributed by atoms with Gasteiger partial charge in [-0.2, -0.15) is 0 Å². The lowest BCUT2D eigenvalue weighted by Gasteiger charge is -2.12. The van der Waals surface area contributed by atoms with Gasteiger partial charge in [0.25, 0.3) is 0 Å². The summed E-state index contributed by atoms with van der Waals surface area (Å²) in [5.74, 6) is 2.47. The first kappa shape index (κ1) is 20.0. The zero-order valence-corrected chi connectivity index (χ0v) is 16.4. The summed E-state index contributed by atoms with van der Waals surface area (Å²) in [6.45, 7) is 3.44. The monoisotopic (exact) mass is 383 g/mol. The molecule has 0 amide bonds. The van der Waals surface area contributed by atoms with Gasteiger partial charge in [0.1, 0.15) is 0 Å². The van der Waals surface area contributed by atoms with Crippen LogP contribution in [0.4, 0.5) is 0 Å². The summed E-state index contributed by atoms with van der Waals surface area (Å²) >= 11 is 0. The van der Waals surface area contributed by atoms with Gasteiger partial charge in [-0.25, -0.2) is 0 Å². The number of aliphatic imine (C=N–C) groups is 1. The van der Waals surface area contributed by atoms with Crippen LogP contribution in [0.5, 0.6) is 11.5 Å². The first-order valence-electron chi connectivity index (χ1n) is 9.80. The molecule has 0 fully saturated rings. The first-order chi connectivity index (χ1) is 13.8. The first-order valence-corrected chi connectivity index (χ1v) is 9.80. The number of guanidine groups is 1. The van der Waals surface area contributed by atoms with Crippen molar-refractivity contribution in [2.45, 2.75) is 25.9 Å². The van der Waals surface area contributed by atoms with Gasteiger partial charge in [0.05, 0.1) is 6.61 Å². The summed E-state index contributed by atoms with van der Waals surface area (Å²) in [6, 6.07) is 16.3. The quantitative estimate of drug-likeness (QED) is 0.375. The Morgan fingerprint density at radius 3 is 2.64 bits per heavy atom. The molecule has 1 aliphatic rings. The number of nitrogens with one attached hydrogen (secondary N) is 2. The molecule has 6 nitrogen and oxygen atoms in total. The van der Waals surface area contributed by atoms with E-state index in [1.165, 1.54) is 11.1 Å². The molecule has 0 bridgehead atoms. The van der Waals surface area contributed by atoms with E-state index < -0.39 is 0 Å². The summed E-state index contributed by atoms with van der Waals surface area (Å²) in [7, 11) is 1.79. The Labute approximate surface area is 166 Å². The highest BCUT2D eigenvalue weighted by molar-refractivity contribution is 5.79. The smallest absolute Gasteiger partial charge is 0.231 e.